The first-order chi connectivity index (χ1) is 7.36. The average molecular weight is 222 g/mol. The maximum absolute atomic E-state index is 11.8. The van der Waals surface area contributed by atoms with Gasteiger partial charge in [0.15, 0.2) is 6.86 Å². The van der Waals surface area contributed by atoms with E-state index < -0.39 is 6.86 Å². The van der Waals surface area contributed by atoms with Crippen LogP contribution in [0.3, 0.4) is 0 Å². The molecule has 90 valence electrons. The molecule has 0 heterocycles. The third-order valence-corrected chi connectivity index (χ3v) is 2.37. The van der Waals surface area contributed by atoms with E-state index in [0.717, 1.165) is 25.7 Å². The van der Waals surface area contributed by atoms with Crippen LogP contribution in [0.4, 0.5) is 8.78 Å². The molecular weight excluding hydrogens is 202 g/mol. The number of rotatable bonds is 5. The van der Waals surface area contributed by atoms with Gasteiger partial charge < -0.3 is 9.47 Å². The van der Waals surface area contributed by atoms with Crippen LogP contribution in [0, 0.1) is 0 Å². The summed E-state index contributed by atoms with van der Waals surface area (Å²) in [5.41, 5.74) is 0. The zero-order valence-electron chi connectivity index (χ0n) is 9.25. The van der Waals surface area contributed by atoms with Gasteiger partial charge in [0.2, 0.25) is 0 Å². The van der Waals surface area contributed by atoms with Gasteiger partial charge in [-0.3, -0.25) is 4.39 Å². The third-order valence-electron chi connectivity index (χ3n) is 2.37. The summed E-state index contributed by atoms with van der Waals surface area (Å²) in [6.45, 7) is 3.54. The lowest BCUT2D eigenvalue weighted by molar-refractivity contribution is -0.0520. The van der Waals surface area contributed by atoms with Crippen LogP contribution >= 0.6 is 0 Å². The molecule has 0 aromatic rings. The van der Waals surface area contributed by atoms with Gasteiger partial charge in [0.05, 0.1) is 26.0 Å². The maximum Gasteiger partial charge on any atom is 0.188 e. The minimum Gasteiger partial charge on any atom is -0.374 e. The first kappa shape index (κ1) is 14.5. The Balaban J connectivity index is 0.000000921. The second kappa shape index (κ2) is 10.1. The zero-order valence-corrected chi connectivity index (χ0v) is 9.25. The van der Waals surface area contributed by atoms with Crippen molar-refractivity contribution < 1.29 is 18.3 Å². The predicted octanol–water partition coefficient (Wildman–Crippen LogP) is 3.03. The zero-order chi connectivity index (χ0) is 11.5. The van der Waals surface area contributed by atoms with Gasteiger partial charge >= 0.3 is 0 Å². The highest BCUT2D eigenvalue weighted by atomic mass is 19.1. The van der Waals surface area contributed by atoms with E-state index in [0.29, 0.717) is 19.9 Å². The highest BCUT2D eigenvalue weighted by Gasteiger charge is 2.21. The van der Waals surface area contributed by atoms with Crippen molar-refractivity contribution in [2.45, 2.75) is 37.9 Å². The van der Waals surface area contributed by atoms with Crippen LogP contribution in [0.5, 0.6) is 0 Å². The first-order valence-corrected chi connectivity index (χ1v) is 5.14. The maximum atomic E-state index is 11.8. The van der Waals surface area contributed by atoms with Crippen molar-refractivity contribution in [3.05, 3.63) is 12.7 Å². The lowest BCUT2D eigenvalue weighted by Crippen LogP contribution is -2.26. The summed E-state index contributed by atoms with van der Waals surface area (Å²) < 4.78 is 31.7. The van der Waals surface area contributed by atoms with Crippen LogP contribution in [0.25, 0.3) is 0 Å². The molecule has 0 aromatic heterocycles. The smallest absolute Gasteiger partial charge is 0.188 e. The monoisotopic (exact) mass is 222 g/mol. The summed E-state index contributed by atoms with van der Waals surface area (Å²) in [7, 11) is 0.500. The Morgan fingerprint density at radius 3 is 2.00 bits per heavy atom. The molecule has 0 unspecified atom stereocenters. The van der Waals surface area contributed by atoms with Crippen molar-refractivity contribution >= 4 is 0 Å². The van der Waals surface area contributed by atoms with Crippen LogP contribution in [0.1, 0.15) is 25.7 Å². The second-order valence-electron chi connectivity index (χ2n) is 3.30. The van der Waals surface area contributed by atoms with Crippen molar-refractivity contribution in [2.75, 3.05) is 20.6 Å². The van der Waals surface area contributed by atoms with E-state index in [1.54, 1.807) is 6.08 Å². The molecule has 0 aliphatic heterocycles. The van der Waals surface area contributed by atoms with E-state index in [2.05, 4.69) is 6.58 Å². The van der Waals surface area contributed by atoms with Crippen molar-refractivity contribution in [3.63, 3.8) is 0 Å². The van der Waals surface area contributed by atoms with Gasteiger partial charge in [-0.25, -0.2) is 4.39 Å². The summed E-state index contributed by atoms with van der Waals surface area (Å²) in [5.74, 6) is 0. The molecule has 2 nitrogen and oxygen atoms in total. The van der Waals surface area contributed by atoms with E-state index in [4.69, 9.17) is 9.47 Å². The molecular formula is C11H20F2O2. The van der Waals surface area contributed by atoms with E-state index in [-0.39, 0.29) is 6.10 Å². The van der Waals surface area contributed by atoms with Gasteiger partial charge in [-0.15, -0.1) is 6.58 Å². The van der Waals surface area contributed by atoms with Gasteiger partial charge in [-0.1, -0.05) is 6.08 Å². The SMILES string of the molecule is C=CCOC1CCC(OCF)CC1.CF. The highest BCUT2D eigenvalue weighted by molar-refractivity contribution is 4.74. The van der Waals surface area contributed by atoms with Gasteiger partial charge in [0.1, 0.15) is 0 Å². The molecule has 0 atom stereocenters. The largest absolute Gasteiger partial charge is 0.374 e. The molecule has 0 bridgehead atoms. The standard InChI is InChI=1S/C10H17FO2.CH3F/c1-2-7-12-9-3-5-10(6-4-9)13-8-11;1-2/h2,9-10H,1,3-8H2;1H3. The molecule has 0 radical (unpaired) electrons. The van der Waals surface area contributed by atoms with E-state index in [9.17, 15) is 8.78 Å². The molecule has 1 rings (SSSR count). The van der Waals surface area contributed by atoms with Gasteiger partial charge in [0.25, 0.3) is 0 Å². The van der Waals surface area contributed by atoms with Crippen LogP contribution in [-0.4, -0.2) is 32.9 Å². The lowest BCUT2D eigenvalue weighted by Gasteiger charge is -2.27. The van der Waals surface area contributed by atoms with Crippen molar-refractivity contribution in [1.29, 1.82) is 0 Å². The molecule has 1 saturated carbocycles. The summed E-state index contributed by atoms with van der Waals surface area (Å²) >= 11 is 0. The Morgan fingerprint density at radius 1 is 1.13 bits per heavy atom. The topological polar surface area (TPSA) is 18.5 Å². The van der Waals surface area contributed by atoms with Gasteiger partial charge in [0, 0.05) is 0 Å². The van der Waals surface area contributed by atoms with Crippen molar-refractivity contribution in [2.24, 2.45) is 0 Å². The molecule has 15 heavy (non-hydrogen) atoms. The van der Waals surface area contributed by atoms with Gasteiger partial charge in [-0.05, 0) is 25.7 Å². The fraction of sp³-hybridized carbons (Fsp3) is 0.818. The molecule has 0 aromatic carbocycles. The number of alkyl halides is 2. The Kier molecular flexibility index (Phi) is 9.73. The molecule has 0 saturated heterocycles. The lowest BCUT2D eigenvalue weighted by atomic mass is 9.95. The predicted molar refractivity (Wildman–Crippen MR) is 56.3 cm³/mol. The number of halogens is 2. The van der Waals surface area contributed by atoms with Crippen LogP contribution in [-0.2, 0) is 9.47 Å². The summed E-state index contributed by atoms with van der Waals surface area (Å²) in [4.78, 5) is 0. The Bertz CT molecular complexity index is 146. The summed E-state index contributed by atoms with van der Waals surface area (Å²) in [5, 5.41) is 0. The van der Waals surface area contributed by atoms with Crippen molar-refractivity contribution in [1.82, 2.24) is 0 Å². The average Bonchev–Trinajstić information content (AvgIpc) is 2.31. The third kappa shape index (κ3) is 6.57. The van der Waals surface area contributed by atoms with Crippen LogP contribution < -0.4 is 0 Å². The van der Waals surface area contributed by atoms with E-state index >= 15 is 0 Å². The fourth-order valence-electron chi connectivity index (χ4n) is 1.66. The summed E-state index contributed by atoms with van der Waals surface area (Å²) in [6.07, 6.45) is 5.93. The molecule has 4 heteroatoms. The fourth-order valence-corrected chi connectivity index (χ4v) is 1.66. The first-order valence-electron chi connectivity index (χ1n) is 5.14. The van der Waals surface area contributed by atoms with Crippen LogP contribution in [0.15, 0.2) is 12.7 Å². The molecule has 1 aliphatic rings. The minimum atomic E-state index is -0.664. The Labute approximate surface area is 90.3 Å². The molecule has 1 aliphatic carbocycles. The minimum absolute atomic E-state index is 0.105. The molecule has 0 amide bonds. The molecule has 0 spiro atoms. The normalized spacial score (nSPS) is 25.3. The molecule has 0 N–H and O–H groups in total. The quantitative estimate of drug-likeness (QED) is 0.666. The number of ether oxygens (including phenoxy) is 2. The van der Waals surface area contributed by atoms with E-state index in [1.165, 1.54) is 0 Å². The second-order valence-corrected chi connectivity index (χ2v) is 3.30. The highest BCUT2D eigenvalue weighted by Crippen LogP contribution is 2.23. The Hall–Kier alpha value is -0.480. The number of hydrogen-bond donors (Lipinski definition) is 0. The number of hydrogen-bond acceptors (Lipinski definition) is 2. The summed E-state index contributed by atoms with van der Waals surface area (Å²) in [6, 6.07) is 0. The van der Waals surface area contributed by atoms with Crippen molar-refractivity contribution in [3.8, 4) is 0 Å². The van der Waals surface area contributed by atoms with Crippen LogP contribution in [0.2, 0.25) is 0 Å². The van der Waals surface area contributed by atoms with Gasteiger partial charge in [-0.2, -0.15) is 0 Å². The van der Waals surface area contributed by atoms with E-state index in [1.807, 2.05) is 0 Å². The Morgan fingerprint density at radius 2 is 1.60 bits per heavy atom. The molecule has 1 fully saturated rings.